The van der Waals surface area contributed by atoms with Crippen LogP contribution in [-0.4, -0.2) is 21.6 Å². The number of benzene rings is 2. The van der Waals surface area contributed by atoms with Crippen molar-refractivity contribution in [1.82, 2.24) is 9.55 Å². The lowest BCUT2D eigenvalue weighted by atomic mass is 10.1. The van der Waals surface area contributed by atoms with Crippen LogP contribution >= 0.6 is 0 Å². The molecule has 0 atom stereocenters. The predicted molar refractivity (Wildman–Crippen MR) is 103 cm³/mol. The molecule has 7 nitrogen and oxygen atoms in total. The minimum absolute atomic E-state index is 0.0785. The Morgan fingerprint density at radius 2 is 1.89 bits per heavy atom. The molecule has 0 radical (unpaired) electrons. The fourth-order valence-corrected chi connectivity index (χ4v) is 3.48. The molecule has 0 amide bonds. The van der Waals surface area contributed by atoms with Gasteiger partial charge in [-0.2, -0.15) is 0 Å². The number of ether oxygens (including phenoxy) is 1. The Kier molecular flexibility index (Phi) is 4.07. The summed E-state index contributed by atoms with van der Waals surface area (Å²) in [6.45, 7) is 4.67. The maximum absolute atomic E-state index is 11.0. The number of methoxy groups -OCH3 is 1. The Morgan fingerprint density at radius 1 is 1.15 bits per heavy atom. The van der Waals surface area contributed by atoms with Gasteiger partial charge in [0.25, 0.3) is 5.69 Å². The first kappa shape index (κ1) is 17.1. The highest BCUT2D eigenvalue weighted by Crippen LogP contribution is 2.37. The third-order valence-corrected chi connectivity index (χ3v) is 5.12. The van der Waals surface area contributed by atoms with Crippen LogP contribution in [0.3, 0.4) is 0 Å². The van der Waals surface area contributed by atoms with Gasteiger partial charge in [0.2, 0.25) is 0 Å². The van der Waals surface area contributed by atoms with Gasteiger partial charge in [0.1, 0.15) is 18.2 Å². The Hall–Kier alpha value is -3.35. The quantitative estimate of drug-likeness (QED) is 0.516. The number of nitro groups is 1. The van der Waals surface area contributed by atoms with E-state index in [1.807, 2.05) is 19.1 Å². The van der Waals surface area contributed by atoms with E-state index in [1.54, 1.807) is 19.2 Å². The van der Waals surface area contributed by atoms with Gasteiger partial charge in [-0.3, -0.25) is 10.1 Å². The van der Waals surface area contributed by atoms with Crippen molar-refractivity contribution in [3.8, 4) is 5.75 Å². The summed E-state index contributed by atoms with van der Waals surface area (Å²) in [6.07, 6.45) is 0.720. The zero-order valence-electron chi connectivity index (χ0n) is 15.5. The van der Waals surface area contributed by atoms with Crippen molar-refractivity contribution < 1.29 is 9.66 Å². The first-order chi connectivity index (χ1) is 13.0. The molecule has 0 saturated carbocycles. The van der Waals surface area contributed by atoms with Crippen LogP contribution in [0.1, 0.15) is 22.8 Å². The van der Waals surface area contributed by atoms with E-state index in [4.69, 9.17) is 9.72 Å². The van der Waals surface area contributed by atoms with E-state index < -0.39 is 0 Å². The van der Waals surface area contributed by atoms with E-state index >= 15 is 0 Å². The molecule has 27 heavy (non-hydrogen) atoms. The third kappa shape index (κ3) is 2.91. The molecular formula is C20H20N4O3. The fraction of sp³-hybridized carbons (Fsp3) is 0.250. The average Bonchev–Trinajstić information content (AvgIpc) is 2.84. The Morgan fingerprint density at radius 3 is 2.56 bits per heavy atom. The molecular weight excluding hydrogens is 344 g/mol. The Labute approximate surface area is 157 Å². The number of aromatic nitrogens is 2. The second-order valence-electron chi connectivity index (χ2n) is 6.64. The summed E-state index contributed by atoms with van der Waals surface area (Å²) < 4.78 is 7.62. The normalized spacial score (nSPS) is 12.9. The van der Waals surface area contributed by atoms with Gasteiger partial charge < -0.3 is 14.2 Å². The zero-order valence-corrected chi connectivity index (χ0v) is 15.5. The van der Waals surface area contributed by atoms with Gasteiger partial charge in [0, 0.05) is 36.0 Å². The van der Waals surface area contributed by atoms with Crippen LogP contribution < -0.4 is 9.64 Å². The van der Waals surface area contributed by atoms with Gasteiger partial charge in [-0.25, -0.2) is 4.98 Å². The molecule has 2 aromatic carbocycles. The second-order valence-corrected chi connectivity index (χ2v) is 6.64. The van der Waals surface area contributed by atoms with Crippen molar-refractivity contribution in [1.29, 1.82) is 0 Å². The van der Waals surface area contributed by atoms with Gasteiger partial charge in [-0.15, -0.1) is 0 Å². The number of hydrogen-bond donors (Lipinski definition) is 0. The minimum Gasteiger partial charge on any atom is -0.497 e. The molecule has 1 aliphatic heterocycles. The van der Waals surface area contributed by atoms with E-state index in [1.165, 1.54) is 12.1 Å². The Bertz CT molecular complexity index is 1020. The molecule has 0 saturated heterocycles. The number of rotatable bonds is 3. The highest BCUT2D eigenvalue weighted by Gasteiger charge is 2.24. The second kappa shape index (κ2) is 6.42. The summed E-state index contributed by atoms with van der Waals surface area (Å²) in [7, 11) is 1.65. The summed E-state index contributed by atoms with van der Waals surface area (Å²) in [5, 5.41) is 11.0. The molecule has 0 unspecified atom stereocenters. The molecule has 0 fully saturated rings. The molecule has 7 heteroatoms. The highest BCUT2D eigenvalue weighted by molar-refractivity contribution is 5.69. The van der Waals surface area contributed by atoms with Gasteiger partial charge in [0.05, 0.1) is 23.4 Å². The smallest absolute Gasteiger partial charge is 0.269 e. The zero-order chi connectivity index (χ0) is 19.1. The number of imidazole rings is 1. The summed E-state index contributed by atoms with van der Waals surface area (Å²) >= 11 is 0. The molecule has 4 rings (SSSR count). The highest BCUT2D eigenvalue weighted by atomic mass is 16.6. The molecule has 3 aromatic rings. The van der Waals surface area contributed by atoms with Gasteiger partial charge in [0.15, 0.2) is 0 Å². The predicted octanol–water partition coefficient (Wildman–Crippen LogP) is 4.12. The van der Waals surface area contributed by atoms with Gasteiger partial charge in [-0.1, -0.05) is 6.07 Å². The van der Waals surface area contributed by atoms with Gasteiger partial charge in [-0.05, 0) is 37.6 Å². The number of nitrogens with zero attached hydrogens (tertiary/aromatic N) is 4. The van der Waals surface area contributed by atoms with Crippen molar-refractivity contribution in [2.45, 2.75) is 26.9 Å². The van der Waals surface area contributed by atoms with Crippen LogP contribution in [0.2, 0.25) is 0 Å². The number of fused-ring (bicyclic) bond motifs is 2. The van der Waals surface area contributed by atoms with Crippen LogP contribution in [0.4, 0.5) is 17.1 Å². The van der Waals surface area contributed by atoms with Crippen LogP contribution in [0, 0.1) is 24.0 Å². The summed E-state index contributed by atoms with van der Waals surface area (Å²) in [5.74, 6) is 1.79. The summed E-state index contributed by atoms with van der Waals surface area (Å²) in [6, 6.07) is 12.6. The van der Waals surface area contributed by atoms with E-state index in [0.717, 1.165) is 46.3 Å². The SMILES string of the molecule is COc1ccc2c(c1)N(c1ccc([N+](=O)[O-])cc1)Cn1c(nc(C)c1C)C2. The van der Waals surface area contributed by atoms with E-state index in [9.17, 15) is 10.1 Å². The van der Waals surface area contributed by atoms with Crippen molar-refractivity contribution in [3.05, 3.63) is 75.4 Å². The first-order valence-corrected chi connectivity index (χ1v) is 8.69. The van der Waals surface area contributed by atoms with Crippen LogP contribution in [-0.2, 0) is 13.1 Å². The number of non-ortho nitro benzene ring substituents is 1. The van der Waals surface area contributed by atoms with Crippen LogP contribution in [0.15, 0.2) is 42.5 Å². The molecule has 138 valence electrons. The van der Waals surface area contributed by atoms with Crippen molar-refractivity contribution in [3.63, 3.8) is 0 Å². The lowest BCUT2D eigenvalue weighted by Gasteiger charge is -2.26. The lowest BCUT2D eigenvalue weighted by Crippen LogP contribution is -2.21. The topological polar surface area (TPSA) is 73.4 Å². The van der Waals surface area contributed by atoms with Crippen LogP contribution in [0.25, 0.3) is 0 Å². The van der Waals surface area contributed by atoms with Crippen molar-refractivity contribution in [2.75, 3.05) is 12.0 Å². The Balaban J connectivity index is 1.87. The maximum Gasteiger partial charge on any atom is 0.269 e. The number of hydrogen-bond acceptors (Lipinski definition) is 5. The molecule has 1 aromatic heterocycles. The minimum atomic E-state index is -0.384. The van der Waals surface area contributed by atoms with Crippen molar-refractivity contribution >= 4 is 17.1 Å². The van der Waals surface area contributed by atoms with Gasteiger partial charge >= 0.3 is 0 Å². The maximum atomic E-state index is 11.0. The largest absolute Gasteiger partial charge is 0.497 e. The summed E-state index contributed by atoms with van der Waals surface area (Å²) in [4.78, 5) is 17.5. The number of nitro benzene ring substituents is 1. The van der Waals surface area contributed by atoms with E-state index in [2.05, 4.69) is 22.5 Å². The molecule has 0 aliphatic carbocycles. The van der Waals surface area contributed by atoms with E-state index in [-0.39, 0.29) is 10.6 Å². The molecule has 0 spiro atoms. The molecule has 2 heterocycles. The fourth-order valence-electron chi connectivity index (χ4n) is 3.48. The number of anilines is 2. The molecule has 0 N–H and O–H groups in total. The van der Waals surface area contributed by atoms with Crippen molar-refractivity contribution in [2.24, 2.45) is 0 Å². The third-order valence-electron chi connectivity index (χ3n) is 5.12. The monoisotopic (exact) mass is 364 g/mol. The lowest BCUT2D eigenvalue weighted by molar-refractivity contribution is -0.384. The standard InChI is InChI=1S/C20H20N4O3/c1-13-14(2)22-12-23(16-5-7-17(8-6-16)24(25)26)19-11-18(27-3)9-4-15(19)10-20(22)21-13/h4-9,11H,10,12H2,1-3H3. The summed E-state index contributed by atoms with van der Waals surface area (Å²) in [5.41, 5.74) is 5.26. The van der Waals surface area contributed by atoms with E-state index in [0.29, 0.717) is 6.67 Å². The first-order valence-electron chi connectivity index (χ1n) is 8.69. The molecule has 1 aliphatic rings. The number of aryl methyl sites for hydroxylation is 1. The molecule has 0 bridgehead atoms. The average molecular weight is 364 g/mol. The van der Waals surface area contributed by atoms with Crippen LogP contribution in [0.5, 0.6) is 5.75 Å².